The summed E-state index contributed by atoms with van der Waals surface area (Å²) in [5.41, 5.74) is 7.23. The van der Waals surface area contributed by atoms with Gasteiger partial charge in [0.1, 0.15) is 11.6 Å². The average Bonchev–Trinajstić information content (AvgIpc) is 2.82. The Morgan fingerprint density at radius 3 is 2.47 bits per heavy atom. The third kappa shape index (κ3) is 4.70. The maximum Gasteiger partial charge on any atom is 0.237 e. The molecule has 3 unspecified atom stereocenters. The Bertz CT molecular complexity index is 1140. The predicted octanol–water partition coefficient (Wildman–Crippen LogP) is 4.85. The lowest BCUT2D eigenvalue weighted by molar-refractivity contribution is -0.153. The summed E-state index contributed by atoms with van der Waals surface area (Å²) in [6.45, 7) is 4.06. The first-order valence-electron chi connectivity index (χ1n) is 13.0. The van der Waals surface area contributed by atoms with Gasteiger partial charge in [0.05, 0.1) is 6.04 Å². The van der Waals surface area contributed by atoms with E-state index in [4.69, 9.17) is 17.3 Å². The highest BCUT2D eigenvalue weighted by atomic mass is 35.5. The number of carbonyl (C=O) groups excluding carboxylic acids is 2. The van der Waals surface area contributed by atoms with Crippen LogP contribution in [0.3, 0.4) is 0 Å². The van der Waals surface area contributed by atoms with Crippen LogP contribution in [0.4, 0.5) is 4.39 Å². The van der Waals surface area contributed by atoms with E-state index in [-0.39, 0.29) is 29.6 Å². The summed E-state index contributed by atoms with van der Waals surface area (Å²) in [6, 6.07) is 7.84. The maximum absolute atomic E-state index is 14.5. The molecule has 36 heavy (non-hydrogen) atoms. The van der Waals surface area contributed by atoms with E-state index < -0.39 is 11.5 Å². The lowest BCUT2D eigenvalue weighted by atomic mass is 9.44. The minimum Gasteiger partial charge on any atom is -0.354 e. The highest BCUT2D eigenvalue weighted by Gasteiger charge is 2.59. The summed E-state index contributed by atoms with van der Waals surface area (Å²) in [5, 5.41) is 3.35. The molecule has 4 saturated carbocycles. The Morgan fingerprint density at radius 1 is 1.17 bits per heavy atom. The van der Waals surface area contributed by atoms with Gasteiger partial charge in [0, 0.05) is 41.2 Å². The Balaban J connectivity index is 1.25. The molecule has 3 N–H and O–H groups in total. The third-order valence-electron chi connectivity index (χ3n) is 9.13. The highest BCUT2D eigenvalue weighted by Crippen LogP contribution is 2.63. The SMILES string of the molecule is CC(C)(CNC(=O)C(N)C1C2CC3CC1CC(C(=O)Cc1ccncc1)(C3)C2)c1ccc(Cl)cc1F. The fraction of sp³-hybridized carbons (Fsp3) is 0.552. The number of nitrogens with one attached hydrogen (secondary N) is 1. The fourth-order valence-electron chi connectivity index (χ4n) is 7.60. The average molecular weight is 512 g/mol. The molecule has 2 aromatic rings. The van der Waals surface area contributed by atoms with Crippen molar-refractivity contribution in [1.29, 1.82) is 0 Å². The first-order chi connectivity index (χ1) is 17.1. The van der Waals surface area contributed by atoms with Gasteiger partial charge < -0.3 is 11.1 Å². The number of carbonyl (C=O) groups is 2. The maximum atomic E-state index is 14.5. The second-order valence-corrected chi connectivity index (χ2v) is 12.5. The van der Waals surface area contributed by atoms with Gasteiger partial charge in [-0.05, 0) is 91.2 Å². The summed E-state index contributed by atoms with van der Waals surface area (Å²) in [5.74, 6) is 0.971. The van der Waals surface area contributed by atoms with Crippen LogP contribution in [0.25, 0.3) is 0 Å². The van der Waals surface area contributed by atoms with Crippen molar-refractivity contribution in [2.75, 3.05) is 6.54 Å². The lowest BCUT2D eigenvalue weighted by Crippen LogP contribution is -2.61. The molecule has 4 bridgehead atoms. The molecular formula is C29H35ClFN3O2. The smallest absolute Gasteiger partial charge is 0.237 e. The molecule has 1 heterocycles. The molecule has 1 amide bonds. The quantitative estimate of drug-likeness (QED) is 0.530. The molecular weight excluding hydrogens is 477 g/mol. The molecule has 1 aromatic heterocycles. The van der Waals surface area contributed by atoms with E-state index >= 15 is 0 Å². The number of nitrogens with two attached hydrogens (primary N) is 1. The number of rotatable bonds is 8. The number of hydrogen-bond donors (Lipinski definition) is 2. The van der Waals surface area contributed by atoms with E-state index in [1.807, 2.05) is 26.0 Å². The second-order valence-electron chi connectivity index (χ2n) is 12.0. The Morgan fingerprint density at radius 2 is 1.83 bits per heavy atom. The van der Waals surface area contributed by atoms with Gasteiger partial charge in [-0.2, -0.15) is 0 Å². The van der Waals surface area contributed by atoms with Crippen molar-refractivity contribution in [3.05, 3.63) is 64.7 Å². The summed E-state index contributed by atoms with van der Waals surface area (Å²) < 4.78 is 14.5. The molecule has 4 aliphatic carbocycles. The molecule has 0 spiro atoms. The summed E-state index contributed by atoms with van der Waals surface area (Å²) in [6.07, 6.45) is 8.65. The van der Waals surface area contributed by atoms with Crippen LogP contribution in [0.1, 0.15) is 57.1 Å². The number of aromatic nitrogens is 1. The van der Waals surface area contributed by atoms with Crippen molar-refractivity contribution in [3.63, 3.8) is 0 Å². The molecule has 0 radical (unpaired) electrons. The largest absolute Gasteiger partial charge is 0.354 e. The molecule has 3 atom stereocenters. The molecule has 4 fully saturated rings. The van der Waals surface area contributed by atoms with Crippen molar-refractivity contribution in [2.45, 2.75) is 63.8 Å². The van der Waals surface area contributed by atoms with Crippen molar-refractivity contribution in [3.8, 4) is 0 Å². The van der Waals surface area contributed by atoms with Crippen LogP contribution in [0.15, 0.2) is 42.7 Å². The van der Waals surface area contributed by atoms with Crippen LogP contribution in [0.5, 0.6) is 0 Å². The summed E-state index contributed by atoms with van der Waals surface area (Å²) >= 11 is 5.90. The van der Waals surface area contributed by atoms with Gasteiger partial charge in [-0.1, -0.05) is 31.5 Å². The molecule has 1 aromatic carbocycles. The monoisotopic (exact) mass is 511 g/mol. The minimum atomic E-state index is -0.627. The van der Waals surface area contributed by atoms with Crippen molar-refractivity contribution in [1.82, 2.24) is 10.3 Å². The molecule has 4 aliphatic rings. The van der Waals surface area contributed by atoms with E-state index in [9.17, 15) is 14.0 Å². The Hall–Kier alpha value is -2.31. The normalized spacial score (nSPS) is 29.7. The molecule has 0 aliphatic heterocycles. The van der Waals surface area contributed by atoms with Crippen LogP contribution in [0.2, 0.25) is 5.02 Å². The van der Waals surface area contributed by atoms with E-state index in [1.165, 1.54) is 6.07 Å². The Labute approximate surface area is 217 Å². The predicted molar refractivity (Wildman–Crippen MR) is 138 cm³/mol. The van der Waals surface area contributed by atoms with Gasteiger partial charge >= 0.3 is 0 Å². The van der Waals surface area contributed by atoms with Crippen LogP contribution in [0, 0.1) is 34.9 Å². The minimum absolute atomic E-state index is 0.0822. The lowest BCUT2D eigenvalue weighted by Gasteiger charge is -2.60. The van der Waals surface area contributed by atoms with E-state index in [0.29, 0.717) is 40.5 Å². The zero-order valence-electron chi connectivity index (χ0n) is 21.0. The van der Waals surface area contributed by atoms with E-state index in [0.717, 1.165) is 37.7 Å². The van der Waals surface area contributed by atoms with Gasteiger partial charge in [0.2, 0.25) is 5.91 Å². The number of pyridine rings is 1. The molecule has 7 heteroatoms. The number of amides is 1. The number of nitrogens with zero attached hydrogens (tertiary/aromatic N) is 1. The van der Waals surface area contributed by atoms with Gasteiger partial charge in [-0.3, -0.25) is 14.6 Å². The number of ketones is 1. The van der Waals surface area contributed by atoms with Crippen LogP contribution < -0.4 is 11.1 Å². The van der Waals surface area contributed by atoms with Crippen LogP contribution >= 0.6 is 11.6 Å². The fourth-order valence-corrected chi connectivity index (χ4v) is 7.76. The zero-order valence-corrected chi connectivity index (χ0v) is 21.7. The topological polar surface area (TPSA) is 85.1 Å². The zero-order chi connectivity index (χ0) is 25.7. The van der Waals surface area contributed by atoms with E-state index in [1.54, 1.807) is 24.5 Å². The first-order valence-corrected chi connectivity index (χ1v) is 13.4. The van der Waals surface area contributed by atoms with Crippen molar-refractivity contribution >= 4 is 23.3 Å². The number of benzene rings is 1. The number of halogens is 2. The second kappa shape index (κ2) is 9.53. The van der Waals surface area contributed by atoms with Gasteiger partial charge in [-0.25, -0.2) is 4.39 Å². The number of Topliss-reactive ketones (excluding diaryl/α,β-unsaturated/α-hetero) is 1. The van der Waals surface area contributed by atoms with Gasteiger partial charge in [0.15, 0.2) is 0 Å². The standard InChI is InChI=1S/C29H35ClFN3O2/c1-28(2,22-4-3-21(30)12-23(22)31)16-34-27(36)26(32)25-19-9-18-10-20(25)15-29(13-18,14-19)24(35)11-17-5-7-33-8-6-17/h3-8,12,18-20,25-26H,9-11,13-16,32H2,1-2H3,(H,34,36). The summed E-state index contributed by atoms with van der Waals surface area (Å²) in [4.78, 5) is 30.8. The molecule has 6 rings (SSSR count). The van der Waals surface area contributed by atoms with Crippen LogP contribution in [-0.2, 0) is 21.4 Å². The third-order valence-corrected chi connectivity index (χ3v) is 9.37. The molecule has 0 saturated heterocycles. The Kier molecular flexibility index (Phi) is 6.71. The first kappa shape index (κ1) is 25.3. The van der Waals surface area contributed by atoms with Crippen molar-refractivity contribution < 1.29 is 14.0 Å². The van der Waals surface area contributed by atoms with Gasteiger partial charge in [-0.15, -0.1) is 0 Å². The van der Waals surface area contributed by atoms with Crippen molar-refractivity contribution in [2.24, 2.45) is 34.8 Å². The number of hydrogen-bond acceptors (Lipinski definition) is 4. The summed E-state index contributed by atoms with van der Waals surface area (Å²) in [7, 11) is 0. The van der Waals surface area contributed by atoms with E-state index in [2.05, 4.69) is 10.3 Å². The highest BCUT2D eigenvalue weighted by molar-refractivity contribution is 6.30. The van der Waals surface area contributed by atoms with Crippen LogP contribution in [-0.4, -0.2) is 29.3 Å². The molecule has 5 nitrogen and oxygen atoms in total. The van der Waals surface area contributed by atoms with Gasteiger partial charge in [0.25, 0.3) is 0 Å². The molecule has 192 valence electrons.